The van der Waals surface area contributed by atoms with E-state index < -0.39 is 5.54 Å². The van der Waals surface area contributed by atoms with Crippen LogP contribution in [0.3, 0.4) is 0 Å². The molecule has 1 aliphatic rings. The zero-order chi connectivity index (χ0) is 13.4. The van der Waals surface area contributed by atoms with E-state index in [4.69, 9.17) is 4.74 Å². The van der Waals surface area contributed by atoms with Crippen LogP contribution in [-0.2, 0) is 14.3 Å². The highest BCUT2D eigenvalue weighted by Gasteiger charge is 2.41. The monoisotopic (exact) mass is 251 g/mol. The summed E-state index contributed by atoms with van der Waals surface area (Å²) in [5.74, 6) is -0.588. The SMILES string of the molecule is C/C=C/C=C/C(=O)NC1(C(=O)OC)CCCCC1. The molecule has 1 aliphatic carbocycles. The molecule has 1 rings (SSSR count). The number of ether oxygens (including phenoxy) is 1. The maximum atomic E-state index is 11.9. The van der Waals surface area contributed by atoms with E-state index in [1.165, 1.54) is 13.2 Å². The molecule has 1 amide bonds. The zero-order valence-electron chi connectivity index (χ0n) is 11.1. The summed E-state index contributed by atoms with van der Waals surface area (Å²) in [4.78, 5) is 23.7. The molecule has 0 aromatic heterocycles. The third kappa shape index (κ3) is 3.72. The highest BCUT2D eigenvalue weighted by molar-refractivity contribution is 5.93. The summed E-state index contributed by atoms with van der Waals surface area (Å²) < 4.78 is 4.83. The van der Waals surface area contributed by atoms with Crippen molar-refractivity contribution in [1.82, 2.24) is 5.32 Å². The second-order valence-electron chi connectivity index (χ2n) is 4.51. The van der Waals surface area contributed by atoms with Crippen molar-refractivity contribution in [3.63, 3.8) is 0 Å². The minimum Gasteiger partial charge on any atom is -0.467 e. The summed E-state index contributed by atoms with van der Waals surface area (Å²) in [5, 5.41) is 2.81. The lowest BCUT2D eigenvalue weighted by Crippen LogP contribution is -2.55. The minimum absolute atomic E-state index is 0.250. The van der Waals surface area contributed by atoms with Gasteiger partial charge in [0.15, 0.2) is 0 Å². The fraction of sp³-hybridized carbons (Fsp3) is 0.571. The first-order valence-corrected chi connectivity index (χ1v) is 6.34. The Morgan fingerprint density at radius 1 is 1.17 bits per heavy atom. The lowest BCUT2D eigenvalue weighted by molar-refractivity contribution is -0.152. The Balaban J connectivity index is 2.72. The van der Waals surface area contributed by atoms with E-state index in [0.717, 1.165) is 19.3 Å². The Hall–Kier alpha value is -1.58. The highest BCUT2D eigenvalue weighted by Crippen LogP contribution is 2.29. The number of hydrogen-bond acceptors (Lipinski definition) is 3. The smallest absolute Gasteiger partial charge is 0.331 e. The number of esters is 1. The number of rotatable bonds is 4. The van der Waals surface area contributed by atoms with E-state index in [0.29, 0.717) is 12.8 Å². The summed E-state index contributed by atoms with van der Waals surface area (Å²) in [7, 11) is 1.36. The number of carbonyl (C=O) groups excluding carboxylic acids is 2. The Kier molecular flexibility index (Phi) is 5.62. The summed E-state index contributed by atoms with van der Waals surface area (Å²) in [6, 6.07) is 0. The van der Waals surface area contributed by atoms with Gasteiger partial charge < -0.3 is 10.1 Å². The molecule has 4 heteroatoms. The van der Waals surface area contributed by atoms with Crippen molar-refractivity contribution in [2.45, 2.75) is 44.6 Å². The predicted octanol–water partition coefficient (Wildman–Crippen LogP) is 2.11. The molecule has 1 saturated carbocycles. The molecule has 1 N–H and O–H groups in total. The first-order valence-electron chi connectivity index (χ1n) is 6.34. The summed E-state index contributed by atoms with van der Waals surface area (Å²) >= 11 is 0. The number of amides is 1. The quantitative estimate of drug-likeness (QED) is 0.473. The van der Waals surface area contributed by atoms with Gasteiger partial charge in [0.1, 0.15) is 5.54 Å². The maximum absolute atomic E-state index is 11.9. The molecule has 100 valence electrons. The van der Waals surface area contributed by atoms with E-state index >= 15 is 0 Å². The minimum atomic E-state index is -0.829. The van der Waals surface area contributed by atoms with Gasteiger partial charge in [-0.1, -0.05) is 37.5 Å². The van der Waals surface area contributed by atoms with Crippen LogP contribution in [0.25, 0.3) is 0 Å². The Morgan fingerprint density at radius 2 is 1.83 bits per heavy atom. The highest BCUT2D eigenvalue weighted by atomic mass is 16.5. The Morgan fingerprint density at radius 3 is 2.39 bits per heavy atom. The van der Waals surface area contributed by atoms with Gasteiger partial charge in [-0.15, -0.1) is 0 Å². The lowest BCUT2D eigenvalue weighted by Gasteiger charge is -2.34. The largest absolute Gasteiger partial charge is 0.467 e. The average Bonchev–Trinajstić information content (AvgIpc) is 2.39. The molecule has 0 saturated heterocycles. The van der Waals surface area contributed by atoms with Gasteiger partial charge in [0.05, 0.1) is 7.11 Å². The number of carbonyl (C=O) groups is 2. The van der Waals surface area contributed by atoms with Gasteiger partial charge >= 0.3 is 5.97 Å². The number of nitrogens with one attached hydrogen (secondary N) is 1. The molecule has 0 aromatic carbocycles. The second-order valence-corrected chi connectivity index (χ2v) is 4.51. The first kappa shape index (κ1) is 14.5. The van der Waals surface area contributed by atoms with Crippen LogP contribution < -0.4 is 5.32 Å². The third-order valence-corrected chi connectivity index (χ3v) is 3.20. The molecule has 0 unspecified atom stereocenters. The molecule has 0 spiro atoms. The number of allylic oxidation sites excluding steroid dienone is 3. The van der Waals surface area contributed by atoms with Crippen LogP contribution in [0, 0.1) is 0 Å². The van der Waals surface area contributed by atoms with Gasteiger partial charge in [0.25, 0.3) is 0 Å². The summed E-state index contributed by atoms with van der Waals surface area (Å²) in [6.45, 7) is 1.87. The molecule has 0 heterocycles. The standard InChI is InChI=1S/C14H21NO3/c1-3-4-6-9-12(16)15-14(13(17)18-2)10-7-5-8-11-14/h3-4,6,9H,5,7-8,10-11H2,1-2H3,(H,15,16)/b4-3+,9-6+. The van der Waals surface area contributed by atoms with Crippen molar-refractivity contribution in [3.8, 4) is 0 Å². The van der Waals surface area contributed by atoms with E-state index in [1.54, 1.807) is 12.2 Å². The fourth-order valence-corrected chi connectivity index (χ4v) is 2.26. The van der Waals surface area contributed by atoms with Crippen molar-refractivity contribution in [2.24, 2.45) is 0 Å². The van der Waals surface area contributed by atoms with Crippen LogP contribution in [0.15, 0.2) is 24.3 Å². The van der Waals surface area contributed by atoms with Crippen molar-refractivity contribution in [2.75, 3.05) is 7.11 Å². The molecule has 18 heavy (non-hydrogen) atoms. The number of hydrogen-bond donors (Lipinski definition) is 1. The van der Waals surface area contributed by atoms with Gasteiger partial charge in [-0.05, 0) is 19.8 Å². The van der Waals surface area contributed by atoms with E-state index in [-0.39, 0.29) is 11.9 Å². The molecule has 0 radical (unpaired) electrons. The molecule has 0 bridgehead atoms. The Bertz CT molecular complexity index is 352. The molecule has 0 aromatic rings. The van der Waals surface area contributed by atoms with Crippen LogP contribution >= 0.6 is 0 Å². The molecule has 0 aliphatic heterocycles. The van der Waals surface area contributed by atoms with Crippen molar-refractivity contribution < 1.29 is 14.3 Å². The predicted molar refractivity (Wildman–Crippen MR) is 69.9 cm³/mol. The molecule has 4 nitrogen and oxygen atoms in total. The average molecular weight is 251 g/mol. The second kappa shape index (κ2) is 6.99. The topological polar surface area (TPSA) is 55.4 Å². The number of methoxy groups -OCH3 is 1. The lowest BCUT2D eigenvalue weighted by atomic mass is 9.81. The normalized spacial score (nSPS) is 19.0. The van der Waals surface area contributed by atoms with Crippen molar-refractivity contribution in [3.05, 3.63) is 24.3 Å². The molecule has 1 fully saturated rings. The summed E-state index contributed by atoms with van der Waals surface area (Å²) in [5.41, 5.74) is -0.829. The summed E-state index contributed by atoms with van der Waals surface area (Å²) in [6.07, 6.45) is 11.0. The third-order valence-electron chi connectivity index (χ3n) is 3.20. The fourth-order valence-electron chi connectivity index (χ4n) is 2.26. The van der Waals surface area contributed by atoms with Gasteiger partial charge in [-0.3, -0.25) is 4.79 Å². The first-order chi connectivity index (χ1) is 8.64. The zero-order valence-corrected chi connectivity index (χ0v) is 11.1. The van der Waals surface area contributed by atoms with Gasteiger partial charge in [0.2, 0.25) is 5.91 Å². The maximum Gasteiger partial charge on any atom is 0.331 e. The molecular formula is C14H21NO3. The van der Waals surface area contributed by atoms with Crippen LogP contribution in [0.4, 0.5) is 0 Å². The van der Waals surface area contributed by atoms with Crippen LogP contribution in [0.5, 0.6) is 0 Å². The van der Waals surface area contributed by atoms with Crippen LogP contribution in [-0.4, -0.2) is 24.5 Å². The molecule has 0 atom stereocenters. The van der Waals surface area contributed by atoms with Crippen LogP contribution in [0.1, 0.15) is 39.0 Å². The van der Waals surface area contributed by atoms with Gasteiger partial charge in [0, 0.05) is 6.08 Å². The van der Waals surface area contributed by atoms with E-state index in [9.17, 15) is 9.59 Å². The Labute approximate surface area is 108 Å². The van der Waals surface area contributed by atoms with Gasteiger partial charge in [-0.25, -0.2) is 4.79 Å². The van der Waals surface area contributed by atoms with E-state index in [1.807, 2.05) is 13.0 Å². The van der Waals surface area contributed by atoms with Crippen molar-refractivity contribution >= 4 is 11.9 Å². The molecular weight excluding hydrogens is 230 g/mol. The van der Waals surface area contributed by atoms with Crippen molar-refractivity contribution in [1.29, 1.82) is 0 Å². The van der Waals surface area contributed by atoms with E-state index in [2.05, 4.69) is 5.32 Å². The van der Waals surface area contributed by atoms with Crippen LogP contribution in [0.2, 0.25) is 0 Å². The van der Waals surface area contributed by atoms with Gasteiger partial charge in [-0.2, -0.15) is 0 Å².